The average Bonchev–Trinajstić information content (AvgIpc) is 2.59. The van der Waals surface area contributed by atoms with Gasteiger partial charge in [0.25, 0.3) is 0 Å². The van der Waals surface area contributed by atoms with Crippen molar-refractivity contribution in [2.24, 2.45) is 0 Å². The molecule has 4 heteroatoms. The molecule has 2 aromatic rings. The summed E-state index contributed by atoms with van der Waals surface area (Å²) in [6.07, 6.45) is 0. The first-order chi connectivity index (χ1) is 6.35. The molecule has 0 fully saturated rings. The molecule has 0 N–H and O–H groups in total. The van der Waals surface area contributed by atoms with Crippen molar-refractivity contribution in [3.8, 4) is 11.8 Å². The highest BCUT2D eigenvalue weighted by Gasteiger charge is 2.05. The fourth-order valence-corrected chi connectivity index (χ4v) is 1.84. The largest absolute Gasteiger partial charge is 0.497 e. The number of ether oxygens (including phenoxy) is 1. The van der Waals surface area contributed by atoms with Gasteiger partial charge in [-0.3, -0.25) is 0 Å². The molecule has 1 aromatic carbocycles. The van der Waals surface area contributed by atoms with Crippen LogP contribution in [0.1, 0.15) is 5.69 Å². The number of methoxy groups -OCH3 is 1. The third-order valence-corrected chi connectivity index (χ3v) is 2.61. The molecule has 0 saturated heterocycles. The summed E-state index contributed by atoms with van der Waals surface area (Å²) in [7, 11) is 1.60. The zero-order valence-electron chi connectivity index (χ0n) is 6.94. The van der Waals surface area contributed by atoms with Crippen molar-refractivity contribution in [2.75, 3.05) is 7.11 Å². The molecule has 13 heavy (non-hydrogen) atoms. The van der Waals surface area contributed by atoms with Crippen LogP contribution >= 0.6 is 11.5 Å². The Hall–Kier alpha value is -1.60. The van der Waals surface area contributed by atoms with Gasteiger partial charge in [-0.1, -0.05) is 0 Å². The van der Waals surface area contributed by atoms with Crippen LogP contribution in [0.5, 0.6) is 5.75 Å². The van der Waals surface area contributed by atoms with E-state index in [0.717, 1.165) is 15.8 Å². The van der Waals surface area contributed by atoms with Gasteiger partial charge in [-0.15, -0.1) is 0 Å². The molecule has 3 nitrogen and oxygen atoms in total. The van der Waals surface area contributed by atoms with E-state index in [4.69, 9.17) is 10.00 Å². The quantitative estimate of drug-likeness (QED) is 0.692. The van der Waals surface area contributed by atoms with Gasteiger partial charge in [0.15, 0.2) is 5.69 Å². The number of benzene rings is 1. The lowest BCUT2D eigenvalue weighted by atomic mass is 10.2. The van der Waals surface area contributed by atoms with Crippen molar-refractivity contribution in [2.45, 2.75) is 0 Å². The molecular weight excluding hydrogens is 184 g/mol. The van der Waals surface area contributed by atoms with Crippen LogP contribution in [0.15, 0.2) is 18.2 Å². The minimum absolute atomic E-state index is 0.471. The van der Waals surface area contributed by atoms with Gasteiger partial charge in [0.2, 0.25) is 0 Å². The lowest BCUT2D eigenvalue weighted by Gasteiger charge is -1.97. The molecule has 0 atom stereocenters. The minimum atomic E-state index is 0.471. The summed E-state index contributed by atoms with van der Waals surface area (Å²) < 4.78 is 10.1. The minimum Gasteiger partial charge on any atom is -0.497 e. The standard InChI is InChI=1S/C9H6N2OS/c1-12-6-2-3-9-7(4-6)8(5-10)11-13-9/h2-4H,1H3. The van der Waals surface area contributed by atoms with Crippen molar-refractivity contribution < 1.29 is 4.74 Å². The van der Waals surface area contributed by atoms with E-state index in [2.05, 4.69) is 4.37 Å². The molecule has 0 radical (unpaired) electrons. The molecule has 0 amide bonds. The third kappa shape index (κ3) is 1.23. The maximum Gasteiger partial charge on any atom is 0.162 e. The Morgan fingerprint density at radius 2 is 2.38 bits per heavy atom. The highest BCUT2D eigenvalue weighted by atomic mass is 32.1. The molecule has 0 aliphatic carbocycles. The first kappa shape index (κ1) is 8.02. The molecule has 1 heterocycles. The fraction of sp³-hybridized carbons (Fsp3) is 0.111. The van der Waals surface area contributed by atoms with Crippen molar-refractivity contribution in [1.29, 1.82) is 5.26 Å². The van der Waals surface area contributed by atoms with Gasteiger partial charge in [0.1, 0.15) is 11.8 Å². The van der Waals surface area contributed by atoms with Gasteiger partial charge in [-0.25, -0.2) is 0 Å². The summed E-state index contributed by atoms with van der Waals surface area (Å²) in [6.45, 7) is 0. The average molecular weight is 190 g/mol. The van der Waals surface area contributed by atoms with Gasteiger partial charge < -0.3 is 4.74 Å². The molecule has 0 unspecified atom stereocenters. The van der Waals surface area contributed by atoms with Crippen LogP contribution < -0.4 is 4.74 Å². The number of aromatic nitrogens is 1. The summed E-state index contributed by atoms with van der Waals surface area (Å²) >= 11 is 1.33. The zero-order valence-corrected chi connectivity index (χ0v) is 7.76. The van der Waals surface area contributed by atoms with E-state index in [9.17, 15) is 0 Å². The number of nitriles is 1. The summed E-state index contributed by atoms with van der Waals surface area (Å²) in [5.41, 5.74) is 0.471. The Morgan fingerprint density at radius 1 is 1.54 bits per heavy atom. The Kier molecular flexibility index (Phi) is 1.87. The lowest BCUT2D eigenvalue weighted by molar-refractivity contribution is 0.415. The molecule has 64 valence electrons. The van der Waals surface area contributed by atoms with Crippen LogP contribution in [0.4, 0.5) is 0 Å². The molecule has 1 aromatic heterocycles. The Bertz CT molecular complexity index is 484. The van der Waals surface area contributed by atoms with E-state index in [1.165, 1.54) is 11.5 Å². The Balaban J connectivity index is 2.73. The van der Waals surface area contributed by atoms with Gasteiger partial charge >= 0.3 is 0 Å². The number of hydrogen-bond donors (Lipinski definition) is 0. The smallest absolute Gasteiger partial charge is 0.162 e. The molecule has 0 aliphatic heterocycles. The van der Waals surface area contributed by atoms with Gasteiger partial charge in [-0.05, 0) is 29.7 Å². The highest BCUT2D eigenvalue weighted by Crippen LogP contribution is 2.26. The summed E-state index contributed by atoms with van der Waals surface area (Å²) in [4.78, 5) is 0. The highest BCUT2D eigenvalue weighted by molar-refractivity contribution is 7.13. The van der Waals surface area contributed by atoms with Gasteiger partial charge in [0, 0.05) is 5.39 Å². The Labute approximate surface area is 79.4 Å². The first-order valence-corrected chi connectivity index (χ1v) is 4.46. The zero-order chi connectivity index (χ0) is 9.26. The van der Waals surface area contributed by atoms with E-state index in [-0.39, 0.29) is 0 Å². The van der Waals surface area contributed by atoms with Gasteiger partial charge in [-0.2, -0.15) is 9.64 Å². The second kappa shape index (κ2) is 3.04. The molecule has 0 aliphatic rings. The fourth-order valence-electron chi connectivity index (χ4n) is 1.13. The second-order valence-corrected chi connectivity index (χ2v) is 3.31. The maximum absolute atomic E-state index is 8.74. The van der Waals surface area contributed by atoms with E-state index in [1.54, 1.807) is 7.11 Å². The van der Waals surface area contributed by atoms with Gasteiger partial charge in [0.05, 0.1) is 11.8 Å². The van der Waals surface area contributed by atoms with Crippen LogP contribution in [-0.2, 0) is 0 Å². The van der Waals surface area contributed by atoms with Crippen molar-refractivity contribution >= 4 is 21.6 Å². The lowest BCUT2D eigenvalue weighted by Crippen LogP contribution is -1.81. The predicted molar refractivity (Wildman–Crippen MR) is 50.9 cm³/mol. The number of nitrogens with zero attached hydrogens (tertiary/aromatic N) is 2. The summed E-state index contributed by atoms with van der Waals surface area (Å²) in [6, 6.07) is 7.65. The number of rotatable bonds is 1. The van der Waals surface area contributed by atoms with Crippen LogP contribution in [0.2, 0.25) is 0 Å². The molecule has 2 rings (SSSR count). The maximum atomic E-state index is 8.74. The second-order valence-electron chi connectivity index (χ2n) is 2.51. The Morgan fingerprint density at radius 3 is 3.08 bits per heavy atom. The topological polar surface area (TPSA) is 45.9 Å². The van der Waals surface area contributed by atoms with E-state index >= 15 is 0 Å². The predicted octanol–water partition coefficient (Wildman–Crippen LogP) is 2.18. The molecule has 0 saturated carbocycles. The van der Waals surface area contributed by atoms with E-state index in [1.807, 2.05) is 24.3 Å². The van der Waals surface area contributed by atoms with Crippen LogP contribution in [-0.4, -0.2) is 11.5 Å². The van der Waals surface area contributed by atoms with Crippen molar-refractivity contribution in [1.82, 2.24) is 4.37 Å². The van der Waals surface area contributed by atoms with E-state index < -0.39 is 0 Å². The van der Waals surface area contributed by atoms with Crippen molar-refractivity contribution in [3.05, 3.63) is 23.9 Å². The molecule has 0 spiro atoms. The van der Waals surface area contributed by atoms with Crippen molar-refractivity contribution in [3.63, 3.8) is 0 Å². The third-order valence-electron chi connectivity index (χ3n) is 1.78. The number of fused-ring (bicyclic) bond motifs is 1. The normalized spacial score (nSPS) is 9.85. The SMILES string of the molecule is COc1ccc2snc(C#N)c2c1. The first-order valence-electron chi connectivity index (χ1n) is 3.68. The molecular formula is C9H6N2OS. The van der Waals surface area contributed by atoms with Crippen LogP contribution in [0.3, 0.4) is 0 Å². The summed E-state index contributed by atoms with van der Waals surface area (Å²) in [5.74, 6) is 0.754. The monoisotopic (exact) mass is 190 g/mol. The van der Waals surface area contributed by atoms with Crippen LogP contribution in [0.25, 0.3) is 10.1 Å². The summed E-state index contributed by atoms with van der Waals surface area (Å²) in [5, 5.41) is 9.61. The van der Waals surface area contributed by atoms with E-state index in [0.29, 0.717) is 5.69 Å². The van der Waals surface area contributed by atoms with Crippen LogP contribution in [0, 0.1) is 11.3 Å². The number of hydrogen-bond acceptors (Lipinski definition) is 4. The molecule has 0 bridgehead atoms.